The molecule has 2 rings (SSSR count). The van der Waals surface area contributed by atoms with Crippen LogP contribution < -0.4 is 0 Å². The summed E-state index contributed by atoms with van der Waals surface area (Å²) in [5.74, 6) is -1.77. The van der Waals surface area contributed by atoms with Crippen molar-refractivity contribution in [3.8, 4) is 0 Å². The summed E-state index contributed by atoms with van der Waals surface area (Å²) in [6.45, 7) is 4.66. The van der Waals surface area contributed by atoms with Gasteiger partial charge in [0.2, 0.25) is 0 Å². The SMILES string of the molecule is CCCCN1CCC(C(=O)c2ccc(C(F)(F)F)cc2F)CC1. The largest absolute Gasteiger partial charge is 0.416 e. The highest BCUT2D eigenvalue weighted by molar-refractivity contribution is 5.98. The zero-order valence-corrected chi connectivity index (χ0v) is 13.1. The number of carbonyl (C=O) groups excluding carboxylic acids is 1. The van der Waals surface area contributed by atoms with E-state index in [1.807, 2.05) is 0 Å². The number of likely N-dealkylation sites (tertiary alicyclic amines) is 1. The first-order valence-corrected chi connectivity index (χ1v) is 7.96. The molecule has 1 saturated heterocycles. The molecule has 0 amide bonds. The van der Waals surface area contributed by atoms with Crippen LogP contribution in [0.4, 0.5) is 17.6 Å². The fraction of sp³-hybridized carbons (Fsp3) is 0.588. The molecule has 0 radical (unpaired) electrons. The van der Waals surface area contributed by atoms with Crippen molar-refractivity contribution >= 4 is 5.78 Å². The van der Waals surface area contributed by atoms with Crippen LogP contribution in [-0.4, -0.2) is 30.3 Å². The zero-order chi connectivity index (χ0) is 17.0. The zero-order valence-electron chi connectivity index (χ0n) is 13.1. The van der Waals surface area contributed by atoms with Crippen molar-refractivity contribution in [2.24, 2.45) is 5.92 Å². The maximum absolute atomic E-state index is 13.9. The molecule has 0 unspecified atom stereocenters. The maximum atomic E-state index is 13.9. The molecule has 1 aromatic carbocycles. The van der Waals surface area contributed by atoms with Crippen LogP contribution in [0.1, 0.15) is 48.5 Å². The molecular weight excluding hydrogens is 310 g/mol. The molecule has 0 spiro atoms. The van der Waals surface area contributed by atoms with E-state index in [0.717, 1.165) is 44.6 Å². The first-order chi connectivity index (χ1) is 10.8. The highest BCUT2D eigenvalue weighted by Crippen LogP contribution is 2.31. The lowest BCUT2D eigenvalue weighted by Crippen LogP contribution is -2.37. The maximum Gasteiger partial charge on any atom is 0.416 e. The molecular formula is C17H21F4NO. The minimum Gasteiger partial charge on any atom is -0.303 e. The summed E-state index contributed by atoms with van der Waals surface area (Å²) in [7, 11) is 0. The van der Waals surface area contributed by atoms with Gasteiger partial charge in [0.1, 0.15) is 5.82 Å². The van der Waals surface area contributed by atoms with Crippen molar-refractivity contribution in [2.75, 3.05) is 19.6 Å². The van der Waals surface area contributed by atoms with Gasteiger partial charge in [0.25, 0.3) is 0 Å². The summed E-state index contributed by atoms with van der Waals surface area (Å²) >= 11 is 0. The van der Waals surface area contributed by atoms with Crippen LogP contribution in [0.5, 0.6) is 0 Å². The van der Waals surface area contributed by atoms with E-state index in [4.69, 9.17) is 0 Å². The smallest absolute Gasteiger partial charge is 0.303 e. The Labute approximate surface area is 133 Å². The number of hydrogen-bond acceptors (Lipinski definition) is 2. The molecule has 0 atom stereocenters. The molecule has 6 heteroatoms. The fourth-order valence-electron chi connectivity index (χ4n) is 2.91. The Bertz CT molecular complexity index is 548. The van der Waals surface area contributed by atoms with E-state index in [0.29, 0.717) is 18.9 Å². The van der Waals surface area contributed by atoms with Gasteiger partial charge in [-0.15, -0.1) is 0 Å². The molecule has 0 aliphatic carbocycles. The number of Topliss-reactive ketones (excluding diaryl/α,β-unsaturated/α-hetero) is 1. The van der Waals surface area contributed by atoms with E-state index < -0.39 is 17.6 Å². The third kappa shape index (κ3) is 4.53. The van der Waals surface area contributed by atoms with Gasteiger partial charge in [-0.05, 0) is 57.1 Å². The molecule has 0 N–H and O–H groups in total. The minimum absolute atomic E-state index is 0.231. The Hall–Kier alpha value is -1.43. The number of nitrogens with zero attached hydrogens (tertiary/aromatic N) is 1. The molecule has 23 heavy (non-hydrogen) atoms. The van der Waals surface area contributed by atoms with Gasteiger partial charge in [-0.1, -0.05) is 13.3 Å². The molecule has 1 heterocycles. The van der Waals surface area contributed by atoms with Crippen LogP contribution in [0.2, 0.25) is 0 Å². The first-order valence-electron chi connectivity index (χ1n) is 7.96. The molecule has 2 nitrogen and oxygen atoms in total. The molecule has 0 bridgehead atoms. The van der Waals surface area contributed by atoms with E-state index in [2.05, 4.69) is 11.8 Å². The van der Waals surface area contributed by atoms with Crippen molar-refractivity contribution in [2.45, 2.75) is 38.8 Å². The van der Waals surface area contributed by atoms with Crippen LogP contribution in [-0.2, 0) is 6.18 Å². The lowest BCUT2D eigenvalue weighted by Gasteiger charge is -2.31. The molecule has 1 fully saturated rings. The summed E-state index contributed by atoms with van der Waals surface area (Å²) in [5.41, 5.74) is -1.30. The average Bonchev–Trinajstić information content (AvgIpc) is 2.52. The molecule has 0 saturated carbocycles. The number of halogens is 4. The molecule has 128 valence electrons. The number of rotatable bonds is 5. The molecule has 0 aromatic heterocycles. The number of unbranched alkanes of at least 4 members (excludes halogenated alkanes) is 1. The summed E-state index contributed by atoms with van der Waals surface area (Å²) in [6.07, 6.45) is -1.14. The molecule has 1 aliphatic heterocycles. The summed E-state index contributed by atoms with van der Waals surface area (Å²) < 4.78 is 51.5. The van der Waals surface area contributed by atoms with Gasteiger partial charge in [-0.2, -0.15) is 13.2 Å². The van der Waals surface area contributed by atoms with Gasteiger partial charge in [0.15, 0.2) is 5.78 Å². The predicted molar refractivity (Wildman–Crippen MR) is 79.8 cm³/mol. The Morgan fingerprint density at radius 3 is 2.43 bits per heavy atom. The number of hydrogen-bond donors (Lipinski definition) is 0. The second-order valence-corrected chi connectivity index (χ2v) is 6.03. The Balaban J connectivity index is 2.02. The van der Waals surface area contributed by atoms with Crippen molar-refractivity contribution < 1.29 is 22.4 Å². The van der Waals surface area contributed by atoms with Crippen molar-refractivity contribution in [1.82, 2.24) is 4.90 Å². The van der Waals surface area contributed by atoms with Gasteiger partial charge < -0.3 is 4.90 Å². The minimum atomic E-state index is -4.60. The quantitative estimate of drug-likeness (QED) is 0.583. The lowest BCUT2D eigenvalue weighted by molar-refractivity contribution is -0.137. The third-order valence-electron chi connectivity index (χ3n) is 4.35. The van der Waals surface area contributed by atoms with Crippen LogP contribution >= 0.6 is 0 Å². The number of piperidine rings is 1. The van der Waals surface area contributed by atoms with Crippen molar-refractivity contribution in [1.29, 1.82) is 0 Å². The number of ketones is 1. The Morgan fingerprint density at radius 1 is 1.26 bits per heavy atom. The first kappa shape index (κ1) is 17.9. The number of alkyl halides is 3. The van der Waals surface area contributed by atoms with E-state index in [9.17, 15) is 22.4 Å². The standard InChI is InChI=1S/C17H21F4NO/c1-2-3-8-22-9-6-12(7-10-22)16(23)14-5-4-13(11-15(14)18)17(19,20)21/h4-5,11-12H,2-3,6-10H2,1H3. The van der Waals surface area contributed by atoms with Gasteiger partial charge in [0.05, 0.1) is 11.1 Å². The molecule has 1 aliphatic rings. The van der Waals surface area contributed by atoms with Gasteiger partial charge in [-0.3, -0.25) is 4.79 Å². The highest BCUT2D eigenvalue weighted by atomic mass is 19.4. The average molecular weight is 331 g/mol. The second kappa shape index (κ2) is 7.43. The topological polar surface area (TPSA) is 20.3 Å². The van der Waals surface area contributed by atoms with E-state index >= 15 is 0 Å². The van der Waals surface area contributed by atoms with E-state index in [-0.39, 0.29) is 17.3 Å². The van der Waals surface area contributed by atoms with Gasteiger partial charge in [0, 0.05) is 5.92 Å². The fourth-order valence-corrected chi connectivity index (χ4v) is 2.91. The predicted octanol–water partition coefficient (Wildman–Crippen LogP) is 4.54. The van der Waals surface area contributed by atoms with Crippen molar-refractivity contribution in [3.05, 3.63) is 35.1 Å². The molecule has 1 aromatic rings. The normalized spacial score (nSPS) is 17.4. The van der Waals surface area contributed by atoms with E-state index in [1.165, 1.54) is 0 Å². The second-order valence-electron chi connectivity index (χ2n) is 6.03. The van der Waals surface area contributed by atoms with Crippen LogP contribution in [0, 0.1) is 11.7 Å². The summed E-state index contributed by atoms with van der Waals surface area (Å²) in [6, 6.07) is 2.14. The third-order valence-corrected chi connectivity index (χ3v) is 4.35. The number of benzene rings is 1. The number of carbonyl (C=O) groups is 1. The summed E-state index contributed by atoms with van der Waals surface area (Å²) in [4.78, 5) is 14.6. The van der Waals surface area contributed by atoms with E-state index in [1.54, 1.807) is 0 Å². The Morgan fingerprint density at radius 2 is 1.91 bits per heavy atom. The summed E-state index contributed by atoms with van der Waals surface area (Å²) in [5, 5.41) is 0. The van der Waals surface area contributed by atoms with Crippen molar-refractivity contribution in [3.63, 3.8) is 0 Å². The van der Waals surface area contributed by atoms with Crippen LogP contribution in [0.3, 0.4) is 0 Å². The van der Waals surface area contributed by atoms with Gasteiger partial charge in [-0.25, -0.2) is 4.39 Å². The lowest BCUT2D eigenvalue weighted by atomic mass is 9.88. The Kier molecular flexibility index (Phi) is 5.79. The van der Waals surface area contributed by atoms with Crippen LogP contribution in [0.15, 0.2) is 18.2 Å². The van der Waals surface area contributed by atoms with Crippen LogP contribution in [0.25, 0.3) is 0 Å². The highest BCUT2D eigenvalue weighted by Gasteiger charge is 2.33. The van der Waals surface area contributed by atoms with Gasteiger partial charge >= 0.3 is 6.18 Å². The monoisotopic (exact) mass is 331 g/mol.